The Labute approximate surface area is 338 Å². The van der Waals surface area contributed by atoms with Crippen LogP contribution in [-0.2, 0) is 5.41 Å². The lowest BCUT2D eigenvalue weighted by molar-refractivity contribution is 0.720. The molecule has 5 heterocycles. The molecule has 58 heavy (non-hydrogen) atoms. The summed E-state index contributed by atoms with van der Waals surface area (Å²) in [6, 6.07) is 66.9. The van der Waals surface area contributed by atoms with E-state index >= 15 is 0 Å². The molecule has 2 aliphatic rings. The molecule has 0 atom stereocenters. The lowest BCUT2D eigenvalue weighted by Crippen LogP contribution is -2.32. The van der Waals surface area contributed by atoms with E-state index in [1.54, 1.807) is 0 Å². The smallest absolute Gasteiger partial charge is 0.0937 e. The maximum atomic E-state index is 4.97. The van der Waals surface area contributed by atoms with Gasteiger partial charge in [-0.15, -0.1) is 0 Å². The van der Waals surface area contributed by atoms with Gasteiger partial charge >= 0.3 is 0 Å². The number of aromatic nitrogens is 4. The second-order valence-corrected chi connectivity index (χ2v) is 16.4. The Morgan fingerprint density at radius 2 is 0.810 bits per heavy atom. The maximum absolute atomic E-state index is 4.97. The van der Waals surface area contributed by atoms with Crippen molar-refractivity contribution in [1.82, 2.24) is 19.1 Å². The van der Waals surface area contributed by atoms with Crippen molar-refractivity contribution in [3.8, 4) is 33.9 Å². The highest BCUT2D eigenvalue weighted by Crippen LogP contribution is 2.61. The third-order valence-electron chi connectivity index (χ3n) is 12.5. The van der Waals surface area contributed by atoms with Gasteiger partial charge in [-0.2, -0.15) is 0 Å². The molecule has 0 unspecified atom stereocenters. The van der Waals surface area contributed by atoms with Crippen LogP contribution in [0.15, 0.2) is 204 Å². The largest absolute Gasteiger partial charge is 0.307 e. The summed E-state index contributed by atoms with van der Waals surface area (Å²) in [5.41, 5.74) is 15.6. The van der Waals surface area contributed by atoms with Crippen LogP contribution in [-0.4, -0.2) is 19.1 Å². The maximum Gasteiger partial charge on any atom is 0.0937 e. The zero-order valence-corrected chi connectivity index (χ0v) is 32.0. The molecule has 4 aromatic heterocycles. The second-order valence-electron chi connectivity index (χ2n) is 15.3. The fourth-order valence-electron chi connectivity index (χ4n) is 10.2. The van der Waals surface area contributed by atoms with Gasteiger partial charge in [0, 0.05) is 43.7 Å². The Hall–Kier alpha value is -7.21. The van der Waals surface area contributed by atoms with Crippen molar-refractivity contribution in [3.05, 3.63) is 217 Å². The number of rotatable bonds is 3. The van der Waals surface area contributed by atoms with Crippen molar-refractivity contribution in [2.75, 3.05) is 0 Å². The molecule has 1 aliphatic carbocycles. The first-order valence-electron chi connectivity index (χ1n) is 19.7. The molecule has 270 valence electrons. The minimum Gasteiger partial charge on any atom is -0.307 e. The van der Waals surface area contributed by atoms with Gasteiger partial charge in [0.2, 0.25) is 0 Å². The topological polar surface area (TPSA) is 35.6 Å². The van der Waals surface area contributed by atoms with Crippen LogP contribution < -0.4 is 0 Å². The van der Waals surface area contributed by atoms with Gasteiger partial charge in [-0.25, -0.2) is 0 Å². The van der Waals surface area contributed by atoms with Gasteiger partial charge in [0.05, 0.1) is 50.2 Å². The fraction of sp³-hybridized carbons (Fsp3) is 0.0189. The van der Waals surface area contributed by atoms with Gasteiger partial charge in [-0.1, -0.05) is 127 Å². The molecule has 0 fully saturated rings. The van der Waals surface area contributed by atoms with E-state index in [1.165, 1.54) is 75.7 Å². The van der Waals surface area contributed by atoms with Gasteiger partial charge < -0.3 is 9.13 Å². The van der Waals surface area contributed by atoms with E-state index in [4.69, 9.17) is 9.97 Å². The van der Waals surface area contributed by atoms with Gasteiger partial charge in [-0.3, -0.25) is 9.97 Å². The summed E-state index contributed by atoms with van der Waals surface area (Å²) in [5, 5.41) is 4.97. The zero-order chi connectivity index (χ0) is 38.0. The number of nitrogens with zero attached hydrogens (tertiary/aromatic N) is 4. The first kappa shape index (κ1) is 31.9. The molecule has 0 bridgehead atoms. The van der Waals surface area contributed by atoms with Crippen LogP contribution in [0.4, 0.5) is 0 Å². The fourth-order valence-corrected chi connectivity index (χ4v) is 11.3. The van der Waals surface area contributed by atoms with E-state index in [-0.39, 0.29) is 0 Å². The Morgan fingerprint density at radius 3 is 1.40 bits per heavy atom. The monoisotopic (exact) mass is 756 g/mol. The highest BCUT2D eigenvalue weighted by Gasteiger charge is 2.51. The lowest BCUT2D eigenvalue weighted by atomic mass is 9.67. The first-order chi connectivity index (χ1) is 28.8. The van der Waals surface area contributed by atoms with E-state index in [0.29, 0.717) is 0 Å². The van der Waals surface area contributed by atoms with Crippen molar-refractivity contribution < 1.29 is 0 Å². The van der Waals surface area contributed by atoms with Gasteiger partial charge in [0.15, 0.2) is 0 Å². The minimum absolute atomic E-state index is 0.557. The van der Waals surface area contributed by atoms with Gasteiger partial charge in [0.25, 0.3) is 0 Å². The summed E-state index contributed by atoms with van der Waals surface area (Å²) < 4.78 is 4.93. The molecular formula is C53H32N4S. The van der Waals surface area contributed by atoms with Gasteiger partial charge in [0.1, 0.15) is 0 Å². The summed E-state index contributed by atoms with van der Waals surface area (Å²) >= 11 is 1.86. The molecule has 4 nitrogen and oxygen atoms in total. The quantitative estimate of drug-likeness (QED) is 0.180. The average Bonchev–Trinajstić information content (AvgIpc) is 3.91. The van der Waals surface area contributed by atoms with E-state index in [0.717, 1.165) is 33.9 Å². The number of hydrogen-bond acceptors (Lipinski definition) is 3. The minimum atomic E-state index is -0.557. The summed E-state index contributed by atoms with van der Waals surface area (Å²) in [6.07, 6.45) is 3.79. The Bertz CT molecular complexity index is 3370. The molecule has 13 rings (SSSR count). The van der Waals surface area contributed by atoms with E-state index in [9.17, 15) is 0 Å². The molecule has 7 aromatic carbocycles. The third-order valence-corrected chi connectivity index (χ3v) is 13.6. The molecular weight excluding hydrogens is 725 g/mol. The number of hydrogen-bond donors (Lipinski definition) is 0. The second kappa shape index (κ2) is 11.9. The van der Waals surface area contributed by atoms with E-state index in [2.05, 4.69) is 191 Å². The normalized spacial score (nSPS) is 13.6. The molecule has 1 aliphatic heterocycles. The molecule has 0 saturated heterocycles. The average molecular weight is 757 g/mol. The summed E-state index contributed by atoms with van der Waals surface area (Å²) in [7, 11) is 0. The number of benzene rings is 7. The molecule has 0 saturated carbocycles. The number of pyridine rings is 2. The predicted octanol–water partition coefficient (Wildman–Crippen LogP) is 13.2. The van der Waals surface area contributed by atoms with Crippen LogP contribution >= 0.6 is 11.8 Å². The van der Waals surface area contributed by atoms with Crippen LogP contribution in [0.25, 0.3) is 77.5 Å². The number of fused-ring (bicyclic) bond motifs is 15. The molecule has 5 heteroatoms. The van der Waals surface area contributed by atoms with Crippen LogP contribution in [0.5, 0.6) is 0 Å². The Morgan fingerprint density at radius 1 is 0.362 bits per heavy atom. The van der Waals surface area contributed by atoms with Crippen LogP contribution in [0.2, 0.25) is 0 Å². The molecule has 11 aromatic rings. The van der Waals surface area contributed by atoms with Crippen molar-refractivity contribution in [3.63, 3.8) is 0 Å². The summed E-state index contributed by atoms with van der Waals surface area (Å²) in [5.74, 6) is 0. The van der Waals surface area contributed by atoms with E-state index < -0.39 is 5.41 Å². The summed E-state index contributed by atoms with van der Waals surface area (Å²) in [6.45, 7) is 0. The molecule has 0 N–H and O–H groups in total. The zero-order valence-electron chi connectivity index (χ0n) is 31.2. The molecule has 0 radical (unpaired) electrons. The molecule has 1 spiro atoms. The van der Waals surface area contributed by atoms with Crippen molar-refractivity contribution in [1.29, 1.82) is 0 Å². The lowest BCUT2D eigenvalue weighted by Gasteiger charge is -2.39. The van der Waals surface area contributed by atoms with Crippen LogP contribution in [0, 0.1) is 0 Å². The Balaban J connectivity index is 1.11. The molecule has 0 amide bonds. The van der Waals surface area contributed by atoms with Crippen LogP contribution in [0.3, 0.4) is 0 Å². The van der Waals surface area contributed by atoms with Crippen molar-refractivity contribution >= 4 is 55.4 Å². The standard InChI is InChI=1S/C53H32N4S/c1-6-20-43-35(13-1)36-14-2-7-21-44(36)56(43)47-27-25-34(32-48(47)57-45-22-8-3-15-37(45)38-16-4-9-23-46(38)57)33-26-28-50-42(31-33)53(39-17-5-10-24-49(39)58-50)40-18-11-29-54-51(40)52-41(53)19-12-30-55-52/h1-32H. The van der Waals surface area contributed by atoms with Crippen molar-refractivity contribution in [2.24, 2.45) is 0 Å². The highest BCUT2D eigenvalue weighted by atomic mass is 32.2. The van der Waals surface area contributed by atoms with Crippen LogP contribution in [0.1, 0.15) is 22.3 Å². The third kappa shape index (κ3) is 4.15. The van der Waals surface area contributed by atoms with Gasteiger partial charge in [-0.05, 0) is 100 Å². The highest BCUT2D eigenvalue weighted by molar-refractivity contribution is 7.99. The summed E-state index contributed by atoms with van der Waals surface area (Å²) in [4.78, 5) is 12.4. The predicted molar refractivity (Wildman–Crippen MR) is 238 cm³/mol. The van der Waals surface area contributed by atoms with E-state index in [1.807, 2.05) is 24.2 Å². The number of para-hydroxylation sites is 4. The SMILES string of the molecule is c1ccc2c(c1)Sc1ccc(-c3ccc(-n4c5ccccc5c5ccccc54)c(-n4c5ccccc5c5ccccc54)c3)cc1C21c2cccnc2-c2ncccc21. The Kier molecular flexibility index (Phi) is 6.55. The van der Waals surface area contributed by atoms with Crippen molar-refractivity contribution in [2.45, 2.75) is 15.2 Å². The first-order valence-corrected chi connectivity index (χ1v) is 20.6.